The number of nitrogens with one attached hydrogen (secondary N) is 1. The van der Waals surface area contributed by atoms with Crippen LogP contribution >= 0.6 is 15.9 Å². The Morgan fingerprint density at radius 2 is 2.06 bits per heavy atom. The molecule has 0 atom stereocenters. The van der Waals surface area contributed by atoms with Crippen LogP contribution in [0.25, 0.3) is 0 Å². The molecule has 0 radical (unpaired) electrons. The molecule has 1 rings (SSSR count). The minimum absolute atomic E-state index is 0.0785. The molecule has 0 bridgehead atoms. The van der Waals surface area contributed by atoms with Gasteiger partial charge in [-0.25, -0.2) is 0 Å². The lowest BCUT2D eigenvalue weighted by Gasteiger charge is -2.20. The van der Waals surface area contributed by atoms with Crippen LogP contribution in [0.2, 0.25) is 0 Å². The number of ether oxygens (including phenoxy) is 1. The molecule has 3 nitrogen and oxygen atoms in total. The average Bonchev–Trinajstić information content (AvgIpc) is 2.25. The van der Waals surface area contributed by atoms with Crippen LogP contribution < -0.4 is 10.1 Å². The van der Waals surface area contributed by atoms with Gasteiger partial charge in [0.05, 0.1) is 11.1 Å². The smallest absolute Gasteiger partial charge is 0.251 e. The van der Waals surface area contributed by atoms with Crippen molar-refractivity contribution in [3.8, 4) is 5.75 Å². The first-order chi connectivity index (χ1) is 8.33. The normalized spacial score (nSPS) is 11.2. The molecule has 0 spiro atoms. The summed E-state index contributed by atoms with van der Waals surface area (Å²) in [5, 5.41) is 2.92. The molecule has 0 aromatic heterocycles. The molecular weight excluding hydrogens is 294 g/mol. The molecule has 18 heavy (non-hydrogen) atoms. The summed E-state index contributed by atoms with van der Waals surface area (Å²) in [5.74, 6) is 0.689. The first-order valence-corrected chi connectivity index (χ1v) is 6.87. The SMILES string of the molecule is CCCOc1ccc(C(=O)NC(C)(C)C)cc1Br. The summed E-state index contributed by atoms with van der Waals surface area (Å²) in [7, 11) is 0. The van der Waals surface area contributed by atoms with Gasteiger partial charge < -0.3 is 10.1 Å². The maximum Gasteiger partial charge on any atom is 0.251 e. The lowest BCUT2D eigenvalue weighted by atomic mass is 10.1. The Hall–Kier alpha value is -1.03. The molecule has 1 aromatic carbocycles. The molecule has 0 fully saturated rings. The fourth-order valence-corrected chi connectivity index (χ4v) is 1.88. The van der Waals surface area contributed by atoms with Gasteiger partial charge in [0.2, 0.25) is 0 Å². The summed E-state index contributed by atoms with van der Waals surface area (Å²) in [6.45, 7) is 8.60. The van der Waals surface area contributed by atoms with Crippen LogP contribution in [-0.4, -0.2) is 18.1 Å². The summed E-state index contributed by atoms with van der Waals surface area (Å²) in [6.07, 6.45) is 0.957. The third-order valence-electron chi connectivity index (χ3n) is 2.14. The molecule has 0 aliphatic heterocycles. The van der Waals surface area contributed by atoms with Crippen LogP contribution in [0.4, 0.5) is 0 Å². The molecule has 0 aliphatic carbocycles. The molecule has 0 unspecified atom stereocenters. The Labute approximate surface area is 117 Å². The third kappa shape index (κ3) is 4.69. The van der Waals surface area contributed by atoms with Gasteiger partial charge in [0.1, 0.15) is 5.75 Å². The van der Waals surface area contributed by atoms with E-state index >= 15 is 0 Å². The van der Waals surface area contributed by atoms with E-state index in [0.29, 0.717) is 12.2 Å². The topological polar surface area (TPSA) is 38.3 Å². The van der Waals surface area contributed by atoms with Crippen LogP contribution in [-0.2, 0) is 0 Å². The minimum Gasteiger partial charge on any atom is -0.492 e. The van der Waals surface area contributed by atoms with E-state index in [-0.39, 0.29) is 11.4 Å². The van der Waals surface area contributed by atoms with E-state index in [1.807, 2.05) is 26.8 Å². The van der Waals surface area contributed by atoms with Gasteiger partial charge in [0.15, 0.2) is 0 Å². The summed E-state index contributed by atoms with van der Waals surface area (Å²) < 4.78 is 6.35. The van der Waals surface area contributed by atoms with Gasteiger partial charge in [-0.2, -0.15) is 0 Å². The van der Waals surface area contributed by atoms with E-state index in [0.717, 1.165) is 16.6 Å². The standard InChI is InChI=1S/C14H20BrNO2/c1-5-8-18-12-7-6-10(9-11(12)15)13(17)16-14(2,3)4/h6-7,9H,5,8H2,1-4H3,(H,16,17). The number of carbonyl (C=O) groups excluding carboxylic acids is 1. The van der Waals surface area contributed by atoms with Gasteiger partial charge in [-0.15, -0.1) is 0 Å². The third-order valence-corrected chi connectivity index (χ3v) is 2.76. The van der Waals surface area contributed by atoms with E-state index in [4.69, 9.17) is 4.74 Å². The van der Waals surface area contributed by atoms with E-state index < -0.39 is 0 Å². The van der Waals surface area contributed by atoms with Crippen molar-refractivity contribution in [1.82, 2.24) is 5.32 Å². The second-order valence-electron chi connectivity index (χ2n) is 5.20. The summed E-state index contributed by atoms with van der Waals surface area (Å²) in [6, 6.07) is 5.38. The molecule has 1 aromatic rings. The lowest BCUT2D eigenvalue weighted by Crippen LogP contribution is -2.40. The Kier molecular flexibility index (Phi) is 5.20. The maximum atomic E-state index is 12.0. The maximum absolute atomic E-state index is 12.0. The van der Waals surface area contributed by atoms with Gasteiger partial charge in [0, 0.05) is 11.1 Å². The van der Waals surface area contributed by atoms with Gasteiger partial charge in [0.25, 0.3) is 5.91 Å². The Balaban J connectivity index is 2.80. The quantitative estimate of drug-likeness (QED) is 0.919. The zero-order valence-corrected chi connectivity index (χ0v) is 12.9. The molecule has 0 heterocycles. The highest BCUT2D eigenvalue weighted by Gasteiger charge is 2.16. The highest BCUT2D eigenvalue weighted by Crippen LogP contribution is 2.26. The van der Waals surface area contributed by atoms with Crippen molar-refractivity contribution in [2.24, 2.45) is 0 Å². The zero-order valence-electron chi connectivity index (χ0n) is 11.3. The fraction of sp³-hybridized carbons (Fsp3) is 0.500. The zero-order chi connectivity index (χ0) is 13.8. The van der Waals surface area contributed by atoms with Crippen molar-refractivity contribution in [3.05, 3.63) is 28.2 Å². The molecule has 0 saturated carbocycles. The van der Waals surface area contributed by atoms with E-state index in [2.05, 4.69) is 28.2 Å². The number of amides is 1. The van der Waals surface area contributed by atoms with E-state index in [1.165, 1.54) is 0 Å². The predicted octanol–water partition coefficient (Wildman–Crippen LogP) is 3.77. The lowest BCUT2D eigenvalue weighted by molar-refractivity contribution is 0.0919. The van der Waals surface area contributed by atoms with Crippen LogP contribution in [0.3, 0.4) is 0 Å². The molecule has 4 heteroatoms. The first-order valence-electron chi connectivity index (χ1n) is 6.08. The van der Waals surface area contributed by atoms with Crippen molar-refractivity contribution < 1.29 is 9.53 Å². The minimum atomic E-state index is -0.235. The molecule has 0 aliphatic rings. The summed E-state index contributed by atoms with van der Waals surface area (Å²) in [5.41, 5.74) is 0.390. The van der Waals surface area contributed by atoms with Crippen molar-refractivity contribution in [2.45, 2.75) is 39.7 Å². The first kappa shape index (κ1) is 15.0. The summed E-state index contributed by atoms with van der Waals surface area (Å²) >= 11 is 3.42. The van der Waals surface area contributed by atoms with Crippen molar-refractivity contribution in [3.63, 3.8) is 0 Å². The van der Waals surface area contributed by atoms with Crippen LogP contribution in [0.1, 0.15) is 44.5 Å². The number of rotatable bonds is 4. The predicted molar refractivity (Wildman–Crippen MR) is 77.1 cm³/mol. The van der Waals surface area contributed by atoms with Crippen molar-refractivity contribution in [1.29, 1.82) is 0 Å². The van der Waals surface area contributed by atoms with Crippen LogP contribution in [0, 0.1) is 0 Å². The summed E-state index contributed by atoms with van der Waals surface area (Å²) in [4.78, 5) is 12.0. The molecule has 0 saturated heterocycles. The van der Waals surface area contributed by atoms with Crippen LogP contribution in [0.15, 0.2) is 22.7 Å². The number of hydrogen-bond donors (Lipinski definition) is 1. The van der Waals surface area contributed by atoms with Gasteiger partial charge in [-0.1, -0.05) is 6.92 Å². The molecule has 100 valence electrons. The second-order valence-corrected chi connectivity index (χ2v) is 6.05. The Bertz CT molecular complexity index is 424. The largest absolute Gasteiger partial charge is 0.492 e. The number of carbonyl (C=O) groups is 1. The highest BCUT2D eigenvalue weighted by molar-refractivity contribution is 9.10. The number of benzene rings is 1. The van der Waals surface area contributed by atoms with Crippen LogP contribution in [0.5, 0.6) is 5.75 Å². The van der Waals surface area contributed by atoms with E-state index in [9.17, 15) is 4.79 Å². The highest BCUT2D eigenvalue weighted by atomic mass is 79.9. The van der Waals surface area contributed by atoms with Gasteiger partial charge >= 0.3 is 0 Å². The Morgan fingerprint density at radius 1 is 1.39 bits per heavy atom. The number of hydrogen-bond acceptors (Lipinski definition) is 2. The van der Waals surface area contributed by atoms with E-state index in [1.54, 1.807) is 12.1 Å². The number of halogens is 1. The van der Waals surface area contributed by atoms with Crippen molar-refractivity contribution in [2.75, 3.05) is 6.61 Å². The molecule has 1 N–H and O–H groups in total. The van der Waals surface area contributed by atoms with Crippen molar-refractivity contribution >= 4 is 21.8 Å². The average molecular weight is 314 g/mol. The Morgan fingerprint density at radius 3 is 2.56 bits per heavy atom. The van der Waals surface area contributed by atoms with Gasteiger partial charge in [-0.05, 0) is 61.3 Å². The van der Waals surface area contributed by atoms with Gasteiger partial charge in [-0.3, -0.25) is 4.79 Å². The fourth-order valence-electron chi connectivity index (χ4n) is 1.38. The molecule has 1 amide bonds. The monoisotopic (exact) mass is 313 g/mol. The molecular formula is C14H20BrNO2. The second kappa shape index (κ2) is 6.23.